The molecule has 1 aromatic heterocycles. The molecule has 1 aromatic rings. The van der Waals surface area contributed by atoms with Crippen molar-refractivity contribution in [3.05, 3.63) is 5.69 Å². The third-order valence-corrected chi connectivity index (χ3v) is 3.88. The van der Waals surface area contributed by atoms with Gasteiger partial charge in [-0.3, -0.25) is 4.68 Å². The number of aryl methyl sites for hydroxylation is 2. The van der Waals surface area contributed by atoms with E-state index in [9.17, 15) is 0 Å². The van der Waals surface area contributed by atoms with E-state index in [0.717, 1.165) is 24.8 Å². The van der Waals surface area contributed by atoms with Crippen molar-refractivity contribution in [1.29, 1.82) is 0 Å². The van der Waals surface area contributed by atoms with E-state index in [2.05, 4.69) is 29.3 Å². The Balaban J connectivity index is 1.98. The van der Waals surface area contributed by atoms with E-state index < -0.39 is 0 Å². The van der Waals surface area contributed by atoms with E-state index >= 15 is 0 Å². The number of aromatic nitrogens is 2. The molecule has 2 heterocycles. The summed E-state index contributed by atoms with van der Waals surface area (Å²) in [4.78, 5) is 2.57. The summed E-state index contributed by atoms with van der Waals surface area (Å²) in [6, 6.07) is 0.746. The zero-order valence-corrected chi connectivity index (χ0v) is 10.2. The summed E-state index contributed by atoms with van der Waals surface area (Å²) in [5.41, 5.74) is 2.38. The van der Waals surface area contributed by atoms with Gasteiger partial charge in [0.15, 0.2) is 5.82 Å². The van der Waals surface area contributed by atoms with Crippen LogP contribution in [0.15, 0.2) is 0 Å². The van der Waals surface area contributed by atoms with Crippen LogP contribution in [0, 0.1) is 6.92 Å². The summed E-state index contributed by atoms with van der Waals surface area (Å²) >= 11 is 0. The smallest absolute Gasteiger partial charge is 0.150 e. The van der Waals surface area contributed by atoms with Gasteiger partial charge < -0.3 is 10.2 Å². The standard InChI is InChI=1S/C12H20N4/c1-9-11-12(15(2)14-9)16(8-7-13-11)10-5-3-4-6-10/h10,13H,3-8H2,1-2H3. The molecule has 0 bridgehead atoms. The molecule has 88 valence electrons. The molecule has 0 aromatic carbocycles. The fraction of sp³-hybridized carbons (Fsp3) is 0.750. The minimum Gasteiger partial charge on any atom is -0.379 e. The largest absolute Gasteiger partial charge is 0.379 e. The average molecular weight is 220 g/mol. The molecule has 4 heteroatoms. The lowest BCUT2D eigenvalue weighted by Gasteiger charge is -2.35. The predicted molar refractivity (Wildman–Crippen MR) is 66.0 cm³/mol. The van der Waals surface area contributed by atoms with Crippen molar-refractivity contribution in [1.82, 2.24) is 9.78 Å². The highest BCUT2D eigenvalue weighted by Gasteiger charge is 2.30. The van der Waals surface area contributed by atoms with E-state index in [1.165, 1.54) is 37.2 Å². The number of rotatable bonds is 1. The second-order valence-corrected chi connectivity index (χ2v) is 4.97. The highest BCUT2D eigenvalue weighted by atomic mass is 15.4. The summed E-state index contributed by atoms with van der Waals surface area (Å²) in [5, 5.41) is 8.01. The SMILES string of the molecule is Cc1nn(C)c2c1NCCN2C1CCCC1. The van der Waals surface area contributed by atoms with Crippen LogP contribution in [0.5, 0.6) is 0 Å². The Morgan fingerprint density at radius 3 is 2.81 bits per heavy atom. The molecular formula is C12H20N4. The maximum absolute atomic E-state index is 4.53. The molecule has 0 amide bonds. The monoisotopic (exact) mass is 220 g/mol. The molecule has 0 unspecified atom stereocenters. The molecule has 16 heavy (non-hydrogen) atoms. The van der Waals surface area contributed by atoms with Gasteiger partial charge in [-0.1, -0.05) is 12.8 Å². The first kappa shape index (κ1) is 10.00. The zero-order valence-electron chi connectivity index (χ0n) is 10.2. The van der Waals surface area contributed by atoms with Crippen LogP contribution in [0.4, 0.5) is 11.5 Å². The highest BCUT2D eigenvalue weighted by Crippen LogP contribution is 2.36. The van der Waals surface area contributed by atoms with Gasteiger partial charge in [0.25, 0.3) is 0 Å². The maximum Gasteiger partial charge on any atom is 0.150 e. The summed E-state index contributed by atoms with van der Waals surface area (Å²) in [5.74, 6) is 1.30. The Morgan fingerprint density at radius 1 is 1.31 bits per heavy atom. The first-order valence-electron chi connectivity index (χ1n) is 6.31. The predicted octanol–water partition coefficient (Wildman–Crippen LogP) is 1.90. The number of nitrogens with one attached hydrogen (secondary N) is 1. The summed E-state index contributed by atoms with van der Waals surface area (Å²) < 4.78 is 2.04. The van der Waals surface area contributed by atoms with Gasteiger partial charge >= 0.3 is 0 Å². The Labute approximate surface area is 96.6 Å². The fourth-order valence-corrected chi connectivity index (χ4v) is 3.16. The van der Waals surface area contributed by atoms with E-state index in [1.807, 2.05) is 4.68 Å². The molecule has 1 fully saturated rings. The summed E-state index contributed by atoms with van der Waals surface area (Å²) in [7, 11) is 2.06. The molecule has 1 aliphatic carbocycles. The van der Waals surface area contributed by atoms with Crippen molar-refractivity contribution in [2.45, 2.75) is 38.6 Å². The third kappa shape index (κ3) is 1.39. The van der Waals surface area contributed by atoms with Crippen LogP contribution < -0.4 is 10.2 Å². The van der Waals surface area contributed by atoms with Crippen molar-refractivity contribution in [3.63, 3.8) is 0 Å². The minimum atomic E-state index is 0.746. The summed E-state index contributed by atoms with van der Waals surface area (Å²) in [6.45, 7) is 4.26. The number of anilines is 2. The quantitative estimate of drug-likeness (QED) is 0.784. The molecular weight excluding hydrogens is 200 g/mol. The van der Waals surface area contributed by atoms with Crippen LogP contribution in [-0.2, 0) is 7.05 Å². The Morgan fingerprint density at radius 2 is 2.06 bits per heavy atom. The Bertz CT molecular complexity index is 390. The van der Waals surface area contributed by atoms with Crippen molar-refractivity contribution in [2.24, 2.45) is 7.05 Å². The highest BCUT2D eigenvalue weighted by molar-refractivity contribution is 5.71. The molecule has 0 saturated heterocycles. The molecule has 1 saturated carbocycles. The molecule has 3 rings (SSSR count). The van der Waals surface area contributed by atoms with Crippen LogP contribution in [0.2, 0.25) is 0 Å². The first-order chi connectivity index (χ1) is 7.77. The second kappa shape index (κ2) is 3.68. The maximum atomic E-state index is 4.53. The van der Waals surface area contributed by atoms with Crippen LogP contribution in [-0.4, -0.2) is 28.9 Å². The van der Waals surface area contributed by atoms with E-state index in [-0.39, 0.29) is 0 Å². The normalized spacial score (nSPS) is 21.0. The molecule has 2 aliphatic rings. The van der Waals surface area contributed by atoms with Crippen molar-refractivity contribution in [3.8, 4) is 0 Å². The first-order valence-corrected chi connectivity index (χ1v) is 6.31. The van der Waals surface area contributed by atoms with Gasteiger partial charge in [0.05, 0.1) is 5.69 Å². The lowest BCUT2D eigenvalue weighted by atomic mass is 10.1. The van der Waals surface area contributed by atoms with Crippen LogP contribution in [0.1, 0.15) is 31.4 Å². The number of fused-ring (bicyclic) bond motifs is 1. The minimum absolute atomic E-state index is 0.746. The fourth-order valence-electron chi connectivity index (χ4n) is 3.16. The van der Waals surface area contributed by atoms with Gasteiger partial charge in [0.1, 0.15) is 5.69 Å². The van der Waals surface area contributed by atoms with E-state index in [1.54, 1.807) is 0 Å². The van der Waals surface area contributed by atoms with Gasteiger partial charge in [-0.05, 0) is 19.8 Å². The van der Waals surface area contributed by atoms with Gasteiger partial charge in [-0.15, -0.1) is 0 Å². The van der Waals surface area contributed by atoms with Gasteiger partial charge in [-0.2, -0.15) is 5.10 Å². The molecule has 0 radical (unpaired) electrons. The molecule has 0 spiro atoms. The van der Waals surface area contributed by atoms with Crippen molar-refractivity contribution in [2.75, 3.05) is 23.3 Å². The zero-order chi connectivity index (χ0) is 11.1. The molecule has 4 nitrogen and oxygen atoms in total. The Hall–Kier alpha value is -1.19. The van der Waals surface area contributed by atoms with E-state index in [4.69, 9.17) is 0 Å². The lowest BCUT2D eigenvalue weighted by Crippen LogP contribution is -2.41. The average Bonchev–Trinajstić information content (AvgIpc) is 2.88. The van der Waals surface area contributed by atoms with Crippen molar-refractivity contribution >= 4 is 11.5 Å². The molecule has 1 aliphatic heterocycles. The second-order valence-electron chi connectivity index (χ2n) is 4.97. The lowest BCUT2D eigenvalue weighted by molar-refractivity contribution is 0.580. The molecule has 0 atom stereocenters. The van der Waals surface area contributed by atoms with Gasteiger partial charge in [0.2, 0.25) is 0 Å². The van der Waals surface area contributed by atoms with Gasteiger partial charge in [0, 0.05) is 26.2 Å². The van der Waals surface area contributed by atoms with Crippen molar-refractivity contribution < 1.29 is 0 Å². The molecule has 1 N–H and O–H groups in total. The summed E-state index contributed by atoms with van der Waals surface area (Å²) in [6.07, 6.45) is 5.48. The number of hydrogen-bond acceptors (Lipinski definition) is 3. The Kier molecular flexibility index (Phi) is 2.30. The van der Waals surface area contributed by atoms with Crippen LogP contribution in [0.25, 0.3) is 0 Å². The van der Waals surface area contributed by atoms with Crippen LogP contribution >= 0.6 is 0 Å². The topological polar surface area (TPSA) is 33.1 Å². The third-order valence-electron chi connectivity index (χ3n) is 3.88. The number of hydrogen-bond donors (Lipinski definition) is 1. The van der Waals surface area contributed by atoms with Gasteiger partial charge in [-0.25, -0.2) is 0 Å². The number of nitrogens with zero attached hydrogens (tertiary/aromatic N) is 3. The van der Waals surface area contributed by atoms with Crippen LogP contribution in [0.3, 0.4) is 0 Å². The van der Waals surface area contributed by atoms with E-state index in [0.29, 0.717) is 0 Å².